The first-order chi connectivity index (χ1) is 10.2. The lowest BCUT2D eigenvalue weighted by Crippen LogP contribution is -2.42. The van der Waals surface area contributed by atoms with Gasteiger partial charge in [-0.05, 0) is 60.8 Å². The Morgan fingerprint density at radius 1 is 1.41 bits per heavy atom. The largest absolute Gasteiger partial charge is 0.507 e. The second-order valence-electron chi connectivity index (χ2n) is 6.15. The van der Waals surface area contributed by atoms with E-state index in [1.165, 1.54) is 0 Å². The van der Waals surface area contributed by atoms with E-state index in [9.17, 15) is 9.90 Å². The molecule has 1 aromatic carbocycles. The summed E-state index contributed by atoms with van der Waals surface area (Å²) in [5.41, 5.74) is 0.567. The van der Waals surface area contributed by atoms with Gasteiger partial charge in [-0.2, -0.15) is 0 Å². The summed E-state index contributed by atoms with van der Waals surface area (Å²) >= 11 is 3.30. The monoisotopic (exact) mass is 372 g/mol. The first kappa shape index (κ1) is 18.8. The third-order valence-corrected chi connectivity index (χ3v) is 3.63. The van der Waals surface area contributed by atoms with Crippen molar-refractivity contribution < 1.29 is 14.6 Å². The lowest BCUT2D eigenvalue weighted by Gasteiger charge is -2.22. The van der Waals surface area contributed by atoms with E-state index in [0.29, 0.717) is 17.6 Å². The minimum absolute atomic E-state index is 0.153. The molecular weight excluding hydrogens is 348 g/mol. The van der Waals surface area contributed by atoms with Gasteiger partial charge in [0.25, 0.3) is 0 Å². The average Bonchev–Trinajstić information content (AvgIpc) is 2.41. The molecule has 1 unspecified atom stereocenters. The van der Waals surface area contributed by atoms with E-state index in [-0.39, 0.29) is 11.8 Å². The summed E-state index contributed by atoms with van der Waals surface area (Å²) in [5.74, 6) is 0.224. The maximum absolute atomic E-state index is 11.6. The number of carbonyl (C=O) groups excluding carboxylic acids is 1. The van der Waals surface area contributed by atoms with Gasteiger partial charge in [-0.1, -0.05) is 13.0 Å². The highest BCUT2D eigenvalue weighted by Crippen LogP contribution is 2.24. The summed E-state index contributed by atoms with van der Waals surface area (Å²) in [4.78, 5) is 11.6. The summed E-state index contributed by atoms with van der Waals surface area (Å²) in [6.07, 6.45) is 0.481. The molecule has 0 aromatic heterocycles. The van der Waals surface area contributed by atoms with Crippen molar-refractivity contribution in [2.24, 2.45) is 0 Å². The zero-order valence-electron chi connectivity index (χ0n) is 13.6. The maximum atomic E-state index is 11.6. The number of nitrogens with one attached hydrogen (secondary N) is 2. The van der Waals surface area contributed by atoms with E-state index in [2.05, 4.69) is 33.5 Å². The molecule has 1 aromatic rings. The third kappa shape index (κ3) is 7.13. The van der Waals surface area contributed by atoms with Crippen molar-refractivity contribution in [2.75, 3.05) is 6.54 Å². The van der Waals surface area contributed by atoms with E-state index in [0.717, 1.165) is 12.0 Å². The van der Waals surface area contributed by atoms with Crippen LogP contribution < -0.4 is 10.6 Å². The maximum Gasteiger partial charge on any atom is 0.407 e. The van der Waals surface area contributed by atoms with Crippen molar-refractivity contribution in [2.45, 2.75) is 52.3 Å². The van der Waals surface area contributed by atoms with Crippen molar-refractivity contribution in [1.82, 2.24) is 10.6 Å². The van der Waals surface area contributed by atoms with Crippen LogP contribution in [0.25, 0.3) is 0 Å². The van der Waals surface area contributed by atoms with Crippen LogP contribution in [0.2, 0.25) is 0 Å². The fourth-order valence-corrected chi connectivity index (χ4v) is 2.23. The van der Waals surface area contributed by atoms with Gasteiger partial charge in [-0.3, -0.25) is 0 Å². The van der Waals surface area contributed by atoms with Gasteiger partial charge in [0.1, 0.15) is 11.4 Å². The van der Waals surface area contributed by atoms with Gasteiger partial charge in [0, 0.05) is 19.1 Å². The molecule has 3 N–H and O–H groups in total. The van der Waals surface area contributed by atoms with Gasteiger partial charge < -0.3 is 20.5 Å². The van der Waals surface area contributed by atoms with Crippen molar-refractivity contribution in [3.8, 4) is 5.75 Å². The number of alkyl carbamates (subject to hydrolysis) is 1. The molecule has 0 aliphatic heterocycles. The van der Waals surface area contributed by atoms with Crippen LogP contribution in [-0.4, -0.2) is 29.4 Å². The summed E-state index contributed by atoms with van der Waals surface area (Å²) in [6, 6.07) is 5.54. The molecule has 1 amide bonds. The normalized spacial score (nSPS) is 12.8. The number of rotatable bonds is 6. The second kappa shape index (κ2) is 8.39. The lowest BCUT2D eigenvalue weighted by atomic mass is 10.1. The number of carbonyl (C=O) groups is 1. The molecule has 0 aliphatic carbocycles. The quantitative estimate of drug-likeness (QED) is 0.713. The van der Waals surface area contributed by atoms with E-state index < -0.39 is 11.7 Å². The third-order valence-electron chi connectivity index (χ3n) is 2.99. The summed E-state index contributed by atoms with van der Waals surface area (Å²) in [6.45, 7) is 8.74. The molecule has 0 bridgehead atoms. The molecule has 124 valence electrons. The molecule has 0 saturated heterocycles. The van der Waals surface area contributed by atoms with Crippen LogP contribution >= 0.6 is 15.9 Å². The lowest BCUT2D eigenvalue weighted by molar-refractivity contribution is 0.0522. The zero-order valence-corrected chi connectivity index (χ0v) is 15.2. The van der Waals surface area contributed by atoms with Gasteiger partial charge >= 0.3 is 6.09 Å². The predicted molar refractivity (Wildman–Crippen MR) is 91.0 cm³/mol. The molecule has 6 heteroatoms. The Hall–Kier alpha value is -1.27. The van der Waals surface area contributed by atoms with Gasteiger partial charge in [0.2, 0.25) is 0 Å². The minimum atomic E-state index is -0.489. The number of hydrogen-bond donors (Lipinski definition) is 3. The first-order valence-electron chi connectivity index (χ1n) is 7.39. The number of benzene rings is 1. The molecule has 22 heavy (non-hydrogen) atoms. The summed E-state index contributed by atoms with van der Waals surface area (Å²) in [7, 11) is 0. The van der Waals surface area contributed by atoms with Gasteiger partial charge in [0.05, 0.1) is 4.47 Å². The van der Waals surface area contributed by atoms with Crippen LogP contribution in [0.4, 0.5) is 4.79 Å². The number of ether oxygens (including phenoxy) is 1. The Kier molecular flexibility index (Phi) is 7.16. The van der Waals surface area contributed by atoms with Gasteiger partial charge in [-0.25, -0.2) is 4.79 Å². The summed E-state index contributed by atoms with van der Waals surface area (Å²) < 4.78 is 5.89. The van der Waals surface area contributed by atoms with Crippen molar-refractivity contribution in [3.05, 3.63) is 28.2 Å². The van der Waals surface area contributed by atoms with Crippen LogP contribution in [0.1, 0.15) is 39.7 Å². The topological polar surface area (TPSA) is 70.6 Å². The molecule has 0 saturated carbocycles. The Morgan fingerprint density at radius 2 is 2.09 bits per heavy atom. The highest BCUT2D eigenvalue weighted by atomic mass is 79.9. The second-order valence-corrected chi connectivity index (χ2v) is 7.01. The smallest absolute Gasteiger partial charge is 0.407 e. The molecule has 1 rings (SSSR count). The average molecular weight is 373 g/mol. The van der Waals surface area contributed by atoms with Gasteiger partial charge in [-0.15, -0.1) is 0 Å². The molecule has 0 spiro atoms. The number of amides is 1. The Balaban J connectivity index is 2.42. The molecule has 1 atom stereocenters. The zero-order chi connectivity index (χ0) is 16.8. The van der Waals surface area contributed by atoms with E-state index in [1.54, 1.807) is 6.07 Å². The van der Waals surface area contributed by atoms with E-state index >= 15 is 0 Å². The van der Waals surface area contributed by atoms with E-state index in [4.69, 9.17) is 4.74 Å². The molecule has 0 fully saturated rings. The van der Waals surface area contributed by atoms with Crippen molar-refractivity contribution in [3.63, 3.8) is 0 Å². The molecule has 0 heterocycles. The number of phenols is 1. The number of aromatic hydroxyl groups is 1. The van der Waals surface area contributed by atoms with Crippen molar-refractivity contribution in [1.29, 1.82) is 0 Å². The fourth-order valence-electron chi connectivity index (χ4n) is 1.80. The first-order valence-corrected chi connectivity index (χ1v) is 8.18. The molecular formula is C16H25BrN2O3. The van der Waals surface area contributed by atoms with Crippen molar-refractivity contribution >= 4 is 22.0 Å². The Labute approximate surface area is 140 Å². The number of phenolic OH excluding ortho intramolecular Hbond substituents is 1. The molecule has 0 radical (unpaired) electrons. The van der Waals surface area contributed by atoms with Crippen LogP contribution in [0, 0.1) is 0 Å². The Bertz CT molecular complexity index is 501. The highest BCUT2D eigenvalue weighted by Gasteiger charge is 2.16. The Morgan fingerprint density at radius 3 is 2.64 bits per heavy atom. The standard InChI is InChI=1S/C16H25BrN2O3/c1-5-12(10-19-15(21)22-16(2,3)4)18-9-11-6-7-14(20)13(17)8-11/h6-8,12,18,20H,5,9-10H2,1-4H3,(H,19,21). The van der Waals surface area contributed by atoms with Crippen LogP contribution in [0.3, 0.4) is 0 Å². The molecule has 5 nitrogen and oxygen atoms in total. The highest BCUT2D eigenvalue weighted by molar-refractivity contribution is 9.10. The summed E-state index contributed by atoms with van der Waals surface area (Å²) in [5, 5.41) is 15.6. The minimum Gasteiger partial charge on any atom is -0.507 e. The van der Waals surface area contributed by atoms with E-state index in [1.807, 2.05) is 32.9 Å². The van der Waals surface area contributed by atoms with Crippen LogP contribution in [0.15, 0.2) is 22.7 Å². The predicted octanol–water partition coefficient (Wildman–Crippen LogP) is 3.55. The number of halogens is 1. The molecule has 0 aliphatic rings. The van der Waals surface area contributed by atoms with Crippen LogP contribution in [0.5, 0.6) is 5.75 Å². The fraction of sp³-hybridized carbons (Fsp3) is 0.562. The number of hydrogen-bond acceptors (Lipinski definition) is 4. The van der Waals surface area contributed by atoms with Gasteiger partial charge in [0.15, 0.2) is 0 Å². The SMILES string of the molecule is CCC(CNC(=O)OC(C)(C)C)NCc1ccc(O)c(Br)c1. The van der Waals surface area contributed by atoms with Crippen LogP contribution in [-0.2, 0) is 11.3 Å².